The van der Waals surface area contributed by atoms with Crippen molar-refractivity contribution in [3.8, 4) is 5.75 Å². The van der Waals surface area contributed by atoms with Crippen molar-refractivity contribution in [2.24, 2.45) is 17.8 Å². The summed E-state index contributed by atoms with van der Waals surface area (Å²) in [6.45, 7) is 9.75. The quantitative estimate of drug-likeness (QED) is 0.313. The zero-order valence-corrected chi connectivity index (χ0v) is 21.0. The summed E-state index contributed by atoms with van der Waals surface area (Å²) in [6.07, 6.45) is 2.43. The minimum absolute atomic E-state index is 0.0300. The number of epoxide rings is 1. The Morgan fingerprint density at radius 1 is 1.21 bits per heavy atom. The normalized spacial score (nSPS) is 30.8. The number of hydrogen-bond acceptors (Lipinski definition) is 7. The number of benzene rings is 1. The number of ether oxygens (including phenoxy) is 4. The number of esters is 1. The van der Waals surface area contributed by atoms with Crippen LogP contribution in [-0.2, 0) is 30.4 Å². The van der Waals surface area contributed by atoms with Gasteiger partial charge in [0.1, 0.15) is 11.9 Å². The number of cyclic esters (lactones) is 1. The van der Waals surface area contributed by atoms with Gasteiger partial charge < -0.3 is 24.1 Å². The summed E-state index contributed by atoms with van der Waals surface area (Å²) >= 11 is 0. The van der Waals surface area contributed by atoms with Gasteiger partial charge in [-0.3, -0.25) is 9.59 Å². The van der Waals surface area contributed by atoms with E-state index >= 15 is 0 Å². The first-order valence-electron chi connectivity index (χ1n) is 12.1. The molecular weight excluding hydrogens is 436 g/mol. The Hall–Kier alpha value is -2.22. The van der Waals surface area contributed by atoms with Crippen molar-refractivity contribution in [2.45, 2.75) is 84.1 Å². The lowest BCUT2D eigenvalue weighted by molar-refractivity contribution is -0.155. The molecule has 0 unspecified atom stereocenters. The van der Waals surface area contributed by atoms with Gasteiger partial charge in [0, 0.05) is 12.3 Å². The van der Waals surface area contributed by atoms with E-state index in [-0.39, 0.29) is 36.2 Å². The van der Waals surface area contributed by atoms with E-state index in [1.54, 1.807) is 27.0 Å². The third-order valence-electron chi connectivity index (χ3n) is 7.01. The summed E-state index contributed by atoms with van der Waals surface area (Å²) in [4.78, 5) is 25.8. The van der Waals surface area contributed by atoms with Crippen molar-refractivity contribution in [2.75, 3.05) is 7.11 Å². The molecule has 7 nitrogen and oxygen atoms in total. The molecule has 0 radical (unpaired) electrons. The van der Waals surface area contributed by atoms with E-state index in [1.807, 2.05) is 51.1 Å². The topological polar surface area (TPSA) is 94.6 Å². The highest BCUT2D eigenvalue weighted by Crippen LogP contribution is 2.43. The fourth-order valence-corrected chi connectivity index (χ4v) is 4.25. The van der Waals surface area contributed by atoms with Crippen LogP contribution in [0.5, 0.6) is 5.75 Å². The van der Waals surface area contributed by atoms with Gasteiger partial charge in [-0.05, 0) is 36.6 Å². The van der Waals surface area contributed by atoms with Gasteiger partial charge in [0.2, 0.25) is 0 Å². The third kappa shape index (κ3) is 6.26. The average Bonchev–Trinajstić information content (AvgIpc) is 3.47. The largest absolute Gasteiger partial charge is 0.497 e. The molecule has 0 aromatic heterocycles. The number of rotatable bonds is 10. The van der Waals surface area contributed by atoms with Crippen LogP contribution in [0, 0.1) is 17.8 Å². The summed E-state index contributed by atoms with van der Waals surface area (Å²) in [5, 5.41) is 10.1. The Kier molecular flexibility index (Phi) is 8.55. The van der Waals surface area contributed by atoms with E-state index in [1.165, 1.54) is 0 Å². The summed E-state index contributed by atoms with van der Waals surface area (Å²) in [5.74, 6) is -0.229. The molecule has 0 spiro atoms. The van der Waals surface area contributed by atoms with Crippen LogP contribution in [0.25, 0.3) is 0 Å². The van der Waals surface area contributed by atoms with Gasteiger partial charge in [0.05, 0.1) is 44.4 Å². The molecule has 2 aliphatic rings. The third-order valence-corrected chi connectivity index (χ3v) is 7.01. The smallest absolute Gasteiger partial charge is 0.309 e. The molecule has 0 saturated carbocycles. The van der Waals surface area contributed by atoms with Crippen molar-refractivity contribution in [1.82, 2.24) is 0 Å². The molecule has 1 N–H and O–H groups in total. The van der Waals surface area contributed by atoms with E-state index in [0.717, 1.165) is 11.3 Å². The van der Waals surface area contributed by atoms with Gasteiger partial charge in [0.15, 0.2) is 11.4 Å². The molecule has 1 aromatic carbocycles. The minimum Gasteiger partial charge on any atom is -0.497 e. The standard InChI is InChI=1S/C27H38O7/c1-16(2)21(28)13-24-27(5,34-24)26(30)18(4)22-12-7-17(3)23(14-25(29)33-22)32-15-19-8-10-20(31-6)11-9-19/h7-12,16-18,21-24,28H,13-15H2,1-6H3/t17-,18-,21-,22-,23+,24+,27-/m0/s1. The van der Waals surface area contributed by atoms with Crippen LogP contribution in [0.2, 0.25) is 0 Å². The van der Waals surface area contributed by atoms with Gasteiger partial charge in [-0.2, -0.15) is 0 Å². The highest BCUT2D eigenvalue weighted by Gasteiger charge is 2.60. The zero-order valence-electron chi connectivity index (χ0n) is 21.0. The van der Waals surface area contributed by atoms with Crippen LogP contribution in [-0.4, -0.2) is 54.0 Å². The van der Waals surface area contributed by atoms with Gasteiger partial charge in [-0.25, -0.2) is 0 Å². The Labute approximate surface area is 202 Å². The second-order valence-corrected chi connectivity index (χ2v) is 10.0. The first kappa shape index (κ1) is 26.4. The predicted octanol–water partition coefficient (Wildman–Crippen LogP) is 3.86. The number of ketones is 1. The second kappa shape index (κ2) is 11.0. The van der Waals surface area contributed by atoms with E-state index in [4.69, 9.17) is 18.9 Å². The number of aliphatic hydroxyl groups is 1. The monoisotopic (exact) mass is 474 g/mol. The van der Waals surface area contributed by atoms with Crippen molar-refractivity contribution >= 4 is 11.8 Å². The molecule has 1 saturated heterocycles. The number of aliphatic hydroxyl groups excluding tert-OH is 1. The predicted molar refractivity (Wildman–Crippen MR) is 127 cm³/mol. The van der Waals surface area contributed by atoms with Crippen LogP contribution in [0.15, 0.2) is 36.4 Å². The van der Waals surface area contributed by atoms with E-state index < -0.39 is 29.7 Å². The Bertz CT molecular complexity index is 877. The van der Waals surface area contributed by atoms with E-state index in [9.17, 15) is 14.7 Å². The molecule has 3 rings (SSSR count). The van der Waals surface area contributed by atoms with Crippen molar-refractivity contribution in [3.05, 3.63) is 42.0 Å². The summed E-state index contributed by atoms with van der Waals surface area (Å²) in [5.41, 5.74) is 0.0346. The van der Waals surface area contributed by atoms with Crippen LogP contribution in [0.1, 0.15) is 53.0 Å². The van der Waals surface area contributed by atoms with Crippen molar-refractivity contribution < 1.29 is 33.6 Å². The summed E-state index contributed by atoms with van der Waals surface area (Å²) in [6, 6.07) is 7.60. The molecule has 188 valence electrons. The lowest BCUT2D eigenvalue weighted by Gasteiger charge is -2.28. The van der Waals surface area contributed by atoms with E-state index in [2.05, 4.69) is 0 Å². The molecule has 7 atom stereocenters. The SMILES string of the molecule is COc1ccc(CO[C@@H]2CC(=O)O[C@H]([C@H](C)C(=O)[C@@]3(C)O[C@@H]3C[C@H](O)C(C)C)C=C[C@@H]2C)cc1. The molecule has 1 fully saturated rings. The molecule has 0 bridgehead atoms. The lowest BCUT2D eigenvalue weighted by atomic mass is 9.85. The van der Waals surface area contributed by atoms with Crippen LogP contribution in [0.4, 0.5) is 0 Å². The zero-order chi connectivity index (χ0) is 25.0. The number of methoxy groups -OCH3 is 1. The Morgan fingerprint density at radius 3 is 2.50 bits per heavy atom. The minimum atomic E-state index is -0.951. The number of hydrogen-bond donors (Lipinski definition) is 1. The Balaban J connectivity index is 1.59. The number of carbonyl (C=O) groups excluding carboxylic acids is 2. The number of carbonyl (C=O) groups is 2. The average molecular weight is 475 g/mol. The molecule has 2 heterocycles. The summed E-state index contributed by atoms with van der Waals surface area (Å²) in [7, 11) is 1.62. The van der Waals surface area contributed by atoms with Gasteiger partial charge in [-0.1, -0.05) is 45.9 Å². The summed E-state index contributed by atoms with van der Waals surface area (Å²) < 4.78 is 22.6. The van der Waals surface area contributed by atoms with Gasteiger partial charge in [-0.15, -0.1) is 0 Å². The molecule has 2 aliphatic heterocycles. The first-order chi connectivity index (χ1) is 16.0. The molecule has 0 amide bonds. The maximum absolute atomic E-state index is 13.2. The van der Waals surface area contributed by atoms with Gasteiger partial charge >= 0.3 is 5.97 Å². The lowest BCUT2D eigenvalue weighted by Crippen LogP contribution is -2.39. The highest BCUT2D eigenvalue weighted by atomic mass is 16.6. The molecule has 0 aliphatic carbocycles. The first-order valence-corrected chi connectivity index (χ1v) is 12.1. The maximum atomic E-state index is 13.2. The molecule has 1 aromatic rings. The molecule has 7 heteroatoms. The van der Waals surface area contributed by atoms with Crippen LogP contribution in [0.3, 0.4) is 0 Å². The van der Waals surface area contributed by atoms with E-state index in [0.29, 0.717) is 13.0 Å². The molecular formula is C27H38O7. The number of Topliss-reactive ketones (excluding diaryl/α,β-unsaturated/α-hetero) is 1. The highest BCUT2D eigenvalue weighted by molar-refractivity contribution is 5.92. The maximum Gasteiger partial charge on any atom is 0.309 e. The fourth-order valence-electron chi connectivity index (χ4n) is 4.25. The molecule has 34 heavy (non-hydrogen) atoms. The van der Waals surface area contributed by atoms with Crippen LogP contribution >= 0.6 is 0 Å². The van der Waals surface area contributed by atoms with Crippen LogP contribution < -0.4 is 4.74 Å². The second-order valence-electron chi connectivity index (χ2n) is 10.0. The Morgan fingerprint density at radius 2 is 1.88 bits per heavy atom. The van der Waals surface area contributed by atoms with Crippen molar-refractivity contribution in [1.29, 1.82) is 0 Å². The van der Waals surface area contributed by atoms with Gasteiger partial charge in [0.25, 0.3) is 0 Å². The van der Waals surface area contributed by atoms with Crippen molar-refractivity contribution in [3.63, 3.8) is 0 Å². The fraction of sp³-hybridized carbons (Fsp3) is 0.630.